The van der Waals surface area contributed by atoms with Crippen LogP contribution < -0.4 is 14.4 Å². The van der Waals surface area contributed by atoms with Crippen LogP contribution in [-0.4, -0.2) is 51.2 Å². The van der Waals surface area contributed by atoms with Crippen LogP contribution in [0.5, 0.6) is 11.5 Å². The molecule has 1 fully saturated rings. The largest absolute Gasteiger partial charge is 0.497 e. The van der Waals surface area contributed by atoms with Crippen LogP contribution in [0.4, 0.5) is 10.1 Å². The second kappa shape index (κ2) is 7.42. The van der Waals surface area contributed by atoms with Crippen molar-refractivity contribution < 1.29 is 18.7 Å². The molecule has 2 aromatic carbocycles. The summed E-state index contributed by atoms with van der Waals surface area (Å²) in [6.07, 6.45) is 0. The molecule has 6 heteroatoms. The molecule has 0 atom stereocenters. The number of rotatable bonds is 4. The fourth-order valence-electron chi connectivity index (χ4n) is 3.00. The van der Waals surface area contributed by atoms with Gasteiger partial charge in [-0.05, 0) is 24.3 Å². The highest BCUT2D eigenvalue weighted by Gasteiger charge is 2.25. The summed E-state index contributed by atoms with van der Waals surface area (Å²) >= 11 is 0. The highest BCUT2D eigenvalue weighted by atomic mass is 19.1. The molecule has 0 saturated carbocycles. The summed E-state index contributed by atoms with van der Waals surface area (Å²) in [5.74, 6) is 0.797. The molecule has 1 amide bonds. The van der Waals surface area contributed by atoms with Crippen LogP contribution >= 0.6 is 0 Å². The van der Waals surface area contributed by atoms with Crippen molar-refractivity contribution in [2.75, 3.05) is 45.3 Å². The average molecular weight is 344 g/mol. The van der Waals surface area contributed by atoms with Gasteiger partial charge in [0, 0.05) is 32.2 Å². The second-order valence-corrected chi connectivity index (χ2v) is 5.80. The molecule has 0 aromatic heterocycles. The molecule has 1 heterocycles. The normalized spacial score (nSPS) is 14.4. The van der Waals surface area contributed by atoms with Gasteiger partial charge >= 0.3 is 0 Å². The Morgan fingerprint density at radius 3 is 2.36 bits per heavy atom. The summed E-state index contributed by atoms with van der Waals surface area (Å²) in [4.78, 5) is 16.5. The Labute approximate surface area is 146 Å². The zero-order valence-corrected chi connectivity index (χ0v) is 14.4. The van der Waals surface area contributed by atoms with E-state index in [9.17, 15) is 9.18 Å². The highest BCUT2D eigenvalue weighted by molar-refractivity contribution is 5.97. The van der Waals surface area contributed by atoms with E-state index in [1.54, 1.807) is 42.3 Å². The van der Waals surface area contributed by atoms with Gasteiger partial charge in [0.25, 0.3) is 5.91 Å². The fraction of sp³-hybridized carbons (Fsp3) is 0.316. The van der Waals surface area contributed by atoms with Gasteiger partial charge in [0.2, 0.25) is 0 Å². The molecule has 0 radical (unpaired) electrons. The summed E-state index contributed by atoms with van der Waals surface area (Å²) < 4.78 is 24.4. The van der Waals surface area contributed by atoms with E-state index in [1.807, 2.05) is 11.0 Å². The molecule has 2 aromatic rings. The van der Waals surface area contributed by atoms with Gasteiger partial charge in [0.15, 0.2) is 0 Å². The van der Waals surface area contributed by atoms with Gasteiger partial charge in [-0.15, -0.1) is 0 Å². The van der Waals surface area contributed by atoms with Crippen molar-refractivity contribution in [3.05, 3.63) is 53.8 Å². The van der Waals surface area contributed by atoms with E-state index in [1.165, 1.54) is 13.2 Å². The van der Waals surface area contributed by atoms with Gasteiger partial charge in [-0.1, -0.05) is 12.1 Å². The summed E-state index contributed by atoms with van der Waals surface area (Å²) in [7, 11) is 3.10. The Balaban J connectivity index is 1.71. The molecule has 132 valence electrons. The molecule has 25 heavy (non-hydrogen) atoms. The third kappa shape index (κ3) is 3.52. The minimum atomic E-state index is -0.237. The molecule has 0 spiro atoms. The van der Waals surface area contributed by atoms with Crippen molar-refractivity contribution >= 4 is 11.6 Å². The maximum atomic E-state index is 13.9. The van der Waals surface area contributed by atoms with E-state index in [4.69, 9.17) is 9.47 Å². The minimum absolute atomic E-state index is 0.0901. The number of piperazine rings is 1. The summed E-state index contributed by atoms with van der Waals surface area (Å²) in [6.45, 7) is 2.24. The zero-order chi connectivity index (χ0) is 17.8. The summed E-state index contributed by atoms with van der Waals surface area (Å²) in [6, 6.07) is 11.9. The highest BCUT2D eigenvalue weighted by Crippen LogP contribution is 2.27. The molecule has 1 aliphatic heterocycles. The molecule has 1 saturated heterocycles. The lowest BCUT2D eigenvalue weighted by Crippen LogP contribution is -2.49. The second-order valence-electron chi connectivity index (χ2n) is 5.80. The standard InChI is InChI=1S/C19H21FN2O3/c1-24-14-7-8-15(18(13-14)25-2)19(23)22-11-9-21(10-12-22)17-6-4-3-5-16(17)20/h3-8,13H,9-12H2,1-2H3. The number of benzene rings is 2. The van der Waals surface area contributed by atoms with E-state index in [-0.39, 0.29) is 11.7 Å². The van der Waals surface area contributed by atoms with Crippen molar-refractivity contribution in [2.45, 2.75) is 0 Å². The lowest BCUT2D eigenvalue weighted by molar-refractivity contribution is 0.0743. The van der Waals surface area contributed by atoms with Crippen molar-refractivity contribution in [1.82, 2.24) is 4.90 Å². The van der Waals surface area contributed by atoms with Gasteiger partial charge in [0.05, 0.1) is 25.5 Å². The van der Waals surface area contributed by atoms with Crippen molar-refractivity contribution in [3.8, 4) is 11.5 Å². The van der Waals surface area contributed by atoms with E-state index >= 15 is 0 Å². The number of amides is 1. The number of para-hydroxylation sites is 1. The first kappa shape index (κ1) is 17.1. The number of carbonyl (C=O) groups is 1. The number of anilines is 1. The summed E-state index contributed by atoms with van der Waals surface area (Å²) in [5.41, 5.74) is 1.08. The third-order valence-electron chi connectivity index (χ3n) is 4.40. The van der Waals surface area contributed by atoms with Crippen LogP contribution in [0.1, 0.15) is 10.4 Å². The number of carbonyl (C=O) groups excluding carboxylic acids is 1. The van der Waals surface area contributed by atoms with Crippen LogP contribution in [-0.2, 0) is 0 Å². The fourth-order valence-corrected chi connectivity index (χ4v) is 3.00. The molecule has 0 unspecified atom stereocenters. The molecule has 0 N–H and O–H groups in total. The predicted octanol–water partition coefficient (Wildman–Crippen LogP) is 2.81. The summed E-state index contributed by atoms with van der Waals surface area (Å²) in [5, 5.41) is 0. The van der Waals surface area contributed by atoms with Crippen molar-refractivity contribution in [1.29, 1.82) is 0 Å². The van der Waals surface area contributed by atoms with Gasteiger partial charge < -0.3 is 19.3 Å². The van der Waals surface area contributed by atoms with Crippen LogP contribution in [0.3, 0.4) is 0 Å². The average Bonchev–Trinajstić information content (AvgIpc) is 2.67. The smallest absolute Gasteiger partial charge is 0.257 e. The predicted molar refractivity (Wildman–Crippen MR) is 94.1 cm³/mol. The van der Waals surface area contributed by atoms with Gasteiger partial charge in [0.1, 0.15) is 17.3 Å². The van der Waals surface area contributed by atoms with Crippen molar-refractivity contribution in [2.24, 2.45) is 0 Å². The Morgan fingerprint density at radius 1 is 1.00 bits per heavy atom. The first-order chi connectivity index (χ1) is 12.1. The Bertz CT molecular complexity index is 758. The Kier molecular flexibility index (Phi) is 5.07. The lowest BCUT2D eigenvalue weighted by Gasteiger charge is -2.36. The molecule has 0 bridgehead atoms. The van der Waals surface area contributed by atoms with E-state index in [2.05, 4.69) is 0 Å². The first-order valence-corrected chi connectivity index (χ1v) is 8.15. The van der Waals surface area contributed by atoms with Crippen LogP contribution in [0, 0.1) is 5.82 Å². The van der Waals surface area contributed by atoms with Crippen molar-refractivity contribution in [3.63, 3.8) is 0 Å². The van der Waals surface area contributed by atoms with Gasteiger partial charge in [-0.3, -0.25) is 4.79 Å². The lowest BCUT2D eigenvalue weighted by atomic mass is 10.1. The topological polar surface area (TPSA) is 42.0 Å². The quantitative estimate of drug-likeness (QED) is 0.855. The van der Waals surface area contributed by atoms with Crippen LogP contribution in [0.25, 0.3) is 0 Å². The number of nitrogens with zero attached hydrogens (tertiary/aromatic N) is 2. The molecular formula is C19H21FN2O3. The molecule has 0 aliphatic carbocycles. The van der Waals surface area contributed by atoms with E-state index < -0.39 is 0 Å². The molecule has 3 rings (SSSR count). The van der Waals surface area contributed by atoms with Crippen LogP contribution in [0.15, 0.2) is 42.5 Å². The third-order valence-corrected chi connectivity index (χ3v) is 4.40. The number of hydrogen-bond acceptors (Lipinski definition) is 4. The monoisotopic (exact) mass is 344 g/mol. The Hall–Kier alpha value is -2.76. The zero-order valence-electron chi connectivity index (χ0n) is 14.4. The van der Waals surface area contributed by atoms with Gasteiger partial charge in [-0.25, -0.2) is 4.39 Å². The number of ether oxygens (including phenoxy) is 2. The SMILES string of the molecule is COc1ccc(C(=O)N2CCN(c3ccccc3F)CC2)c(OC)c1. The van der Waals surface area contributed by atoms with E-state index in [0.717, 1.165) is 0 Å². The van der Waals surface area contributed by atoms with Crippen LogP contribution in [0.2, 0.25) is 0 Å². The maximum absolute atomic E-state index is 13.9. The number of methoxy groups -OCH3 is 2. The molecule has 5 nitrogen and oxygen atoms in total. The van der Waals surface area contributed by atoms with E-state index in [0.29, 0.717) is 48.9 Å². The number of halogens is 1. The molecular weight excluding hydrogens is 323 g/mol. The maximum Gasteiger partial charge on any atom is 0.257 e. The number of hydrogen-bond donors (Lipinski definition) is 0. The molecule has 1 aliphatic rings. The first-order valence-electron chi connectivity index (χ1n) is 8.15. The minimum Gasteiger partial charge on any atom is -0.497 e. The van der Waals surface area contributed by atoms with Gasteiger partial charge in [-0.2, -0.15) is 0 Å². The Morgan fingerprint density at radius 2 is 1.72 bits per heavy atom.